The Bertz CT molecular complexity index is 206. The summed E-state index contributed by atoms with van der Waals surface area (Å²) < 4.78 is 0. The van der Waals surface area contributed by atoms with Crippen molar-refractivity contribution < 1.29 is 4.79 Å². The van der Waals surface area contributed by atoms with Crippen molar-refractivity contribution in [2.24, 2.45) is 11.8 Å². The first-order valence-corrected chi connectivity index (χ1v) is 5.25. The van der Waals surface area contributed by atoms with Gasteiger partial charge in [-0.3, -0.25) is 4.79 Å². The van der Waals surface area contributed by atoms with Crippen molar-refractivity contribution in [2.45, 2.75) is 40.0 Å². The van der Waals surface area contributed by atoms with E-state index in [2.05, 4.69) is 19.2 Å². The number of amides is 1. The zero-order valence-corrected chi connectivity index (χ0v) is 9.34. The summed E-state index contributed by atoms with van der Waals surface area (Å²) in [6.45, 7) is 6.69. The van der Waals surface area contributed by atoms with Gasteiger partial charge in [-0.1, -0.05) is 26.7 Å². The monoisotopic (exact) mass is 196 g/mol. The third-order valence-corrected chi connectivity index (χ3v) is 2.09. The summed E-state index contributed by atoms with van der Waals surface area (Å²) in [4.78, 5) is 11.1. The fourth-order valence-electron chi connectivity index (χ4n) is 1.10. The lowest BCUT2D eigenvalue weighted by molar-refractivity contribution is -0.122. The van der Waals surface area contributed by atoms with Crippen LogP contribution in [0.15, 0.2) is 0 Å². The number of carbonyl (C=O) groups excluding carboxylic acids is 1. The van der Waals surface area contributed by atoms with E-state index in [4.69, 9.17) is 5.26 Å². The minimum atomic E-state index is -0.528. The molecule has 0 saturated carbocycles. The second-order valence-corrected chi connectivity index (χ2v) is 4.03. The molecule has 1 N–H and O–H groups in total. The third-order valence-electron chi connectivity index (χ3n) is 2.09. The van der Waals surface area contributed by atoms with Crippen LogP contribution in [-0.4, -0.2) is 12.5 Å². The topological polar surface area (TPSA) is 52.9 Å². The highest BCUT2D eigenvalue weighted by Gasteiger charge is 2.09. The predicted molar refractivity (Wildman–Crippen MR) is 56.5 cm³/mol. The molecule has 1 amide bonds. The molecule has 0 aromatic carbocycles. The van der Waals surface area contributed by atoms with E-state index in [0.29, 0.717) is 6.54 Å². The van der Waals surface area contributed by atoms with Crippen molar-refractivity contribution in [3.63, 3.8) is 0 Å². The summed E-state index contributed by atoms with van der Waals surface area (Å²) in [5.74, 6) is 0.0425. The van der Waals surface area contributed by atoms with Crippen LogP contribution in [0, 0.1) is 23.2 Å². The lowest BCUT2D eigenvalue weighted by Gasteiger charge is -2.07. The molecule has 3 heteroatoms. The number of nitrogens with one attached hydrogen (secondary N) is 1. The maximum Gasteiger partial charge on any atom is 0.237 e. The third kappa shape index (κ3) is 6.47. The summed E-state index contributed by atoms with van der Waals surface area (Å²) in [7, 11) is 0. The minimum absolute atomic E-state index is 0.156. The number of hydrogen-bond donors (Lipinski definition) is 1. The summed E-state index contributed by atoms with van der Waals surface area (Å²) in [6.07, 6.45) is 3.34. The van der Waals surface area contributed by atoms with E-state index in [1.165, 1.54) is 6.42 Å². The Kier molecular flexibility index (Phi) is 6.82. The second-order valence-electron chi connectivity index (χ2n) is 4.03. The molecule has 0 saturated heterocycles. The fraction of sp³-hybridized carbons (Fsp3) is 0.818. The Hall–Kier alpha value is -1.04. The van der Waals surface area contributed by atoms with E-state index < -0.39 is 5.92 Å². The van der Waals surface area contributed by atoms with Gasteiger partial charge in [-0.25, -0.2) is 0 Å². The van der Waals surface area contributed by atoms with Crippen molar-refractivity contribution in [2.75, 3.05) is 6.54 Å². The van der Waals surface area contributed by atoms with Crippen LogP contribution in [0.1, 0.15) is 40.0 Å². The van der Waals surface area contributed by atoms with Gasteiger partial charge >= 0.3 is 0 Å². The molecule has 80 valence electrons. The minimum Gasteiger partial charge on any atom is -0.355 e. The Morgan fingerprint density at radius 3 is 2.50 bits per heavy atom. The highest BCUT2D eigenvalue weighted by molar-refractivity contribution is 5.80. The normalized spacial score (nSPS) is 12.2. The highest BCUT2D eigenvalue weighted by Crippen LogP contribution is 2.05. The van der Waals surface area contributed by atoms with Crippen LogP contribution < -0.4 is 5.32 Å². The number of rotatable bonds is 6. The number of carbonyl (C=O) groups is 1. The van der Waals surface area contributed by atoms with Crippen LogP contribution in [0.3, 0.4) is 0 Å². The fourth-order valence-corrected chi connectivity index (χ4v) is 1.10. The molecule has 0 aliphatic rings. The first-order chi connectivity index (χ1) is 6.57. The average molecular weight is 196 g/mol. The summed E-state index contributed by atoms with van der Waals surface area (Å²) >= 11 is 0. The van der Waals surface area contributed by atoms with E-state index in [9.17, 15) is 4.79 Å². The van der Waals surface area contributed by atoms with Crippen molar-refractivity contribution in [1.29, 1.82) is 5.26 Å². The van der Waals surface area contributed by atoms with Crippen molar-refractivity contribution in [1.82, 2.24) is 5.32 Å². The van der Waals surface area contributed by atoms with Gasteiger partial charge in [0, 0.05) is 6.54 Å². The molecule has 3 nitrogen and oxygen atoms in total. The molecule has 0 spiro atoms. The Morgan fingerprint density at radius 2 is 2.00 bits per heavy atom. The zero-order chi connectivity index (χ0) is 11.0. The van der Waals surface area contributed by atoms with Gasteiger partial charge in [-0.05, 0) is 19.3 Å². The van der Waals surface area contributed by atoms with Gasteiger partial charge < -0.3 is 5.32 Å². The molecule has 0 aliphatic heterocycles. The quantitative estimate of drug-likeness (QED) is 0.661. The van der Waals surface area contributed by atoms with Crippen molar-refractivity contribution in [3.05, 3.63) is 0 Å². The Balaban J connectivity index is 3.37. The number of nitrogens with zero attached hydrogens (tertiary/aromatic N) is 1. The molecule has 0 fully saturated rings. The van der Waals surface area contributed by atoms with E-state index in [1.807, 2.05) is 6.07 Å². The summed E-state index contributed by atoms with van der Waals surface area (Å²) in [6, 6.07) is 1.91. The zero-order valence-electron chi connectivity index (χ0n) is 9.34. The van der Waals surface area contributed by atoms with Gasteiger partial charge in [0.15, 0.2) is 0 Å². The first kappa shape index (κ1) is 13.0. The average Bonchev–Trinajstić information content (AvgIpc) is 2.15. The molecule has 14 heavy (non-hydrogen) atoms. The van der Waals surface area contributed by atoms with E-state index in [0.717, 1.165) is 18.8 Å². The van der Waals surface area contributed by atoms with Crippen LogP contribution >= 0.6 is 0 Å². The molecule has 0 aromatic rings. The molecular weight excluding hydrogens is 176 g/mol. The number of unbranched alkanes of at least 4 members (excludes halogenated alkanes) is 1. The standard InChI is InChI=1S/C11H20N2O/c1-9(2)6-4-5-7-13-11(14)10(3)8-12/h9-10H,4-7H2,1-3H3,(H,13,14). The van der Waals surface area contributed by atoms with Crippen LogP contribution in [0.5, 0.6) is 0 Å². The Morgan fingerprint density at radius 1 is 1.36 bits per heavy atom. The van der Waals surface area contributed by atoms with Crippen molar-refractivity contribution >= 4 is 5.91 Å². The lowest BCUT2D eigenvalue weighted by atomic mass is 10.1. The molecule has 0 bridgehead atoms. The largest absolute Gasteiger partial charge is 0.355 e. The maximum atomic E-state index is 11.1. The van der Waals surface area contributed by atoms with Crippen LogP contribution in [0.25, 0.3) is 0 Å². The highest BCUT2D eigenvalue weighted by atomic mass is 16.1. The summed E-state index contributed by atoms with van der Waals surface area (Å²) in [5, 5.41) is 11.2. The SMILES string of the molecule is CC(C)CCCCNC(=O)C(C)C#N. The second kappa shape index (κ2) is 7.37. The molecule has 1 atom stereocenters. The van der Waals surface area contributed by atoms with Crippen LogP contribution in [0.4, 0.5) is 0 Å². The molecule has 0 rings (SSSR count). The van der Waals surface area contributed by atoms with Crippen molar-refractivity contribution in [3.8, 4) is 6.07 Å². The molecular formula is C11H20N2O. The van der Waals surface area contributed by atoms with Gasteiger partial charge in [0.1, 0.15) is 5.92 Å². The molecule has 0 aliphatic carbocycles. The number of hydrogen-bond acceptors (Lipinski definition) is 2. The maximum absolute atomic E-state index is 11.1. The Labute approximate surface area is 86.5 Å². The van der Waals surface area contributed by atoms with E-state index in [-0.39, 0.29) is 5.91 Å². The lowest BCUT2D eigenvalue weighted by Crippen LogP contribution is -2.29. The van der Waals surface area contributed by atoms with Gasteiger partial charge in [0.2, 0.25) is 5.91 Å². The van der Waals surface area contributed by atoms with E-state index in [1.54, 1.807) is 6.92 Å². The molecule has 0 radical (unpaired) electrons. The molecule has 0 aromatic heterocycles. The van der Waals surface area contributed by atoms with Gasteiger partial charge in [-0.2, -0.15) is 5.26 Å². The van der Waals surface area contributed by atoms with Gasteiger partial charge in [0.25, 0.3) is 0 Å². The predicted octanol–water partition coefficient (Wildman–Crippen LogP) is 2.09. The van der Waals surface area contributed by atoms with Gasteiger partial charge in [-0.15, -0.1) is 0 Å². The van der Waals surface area contributed by atoms with E-state index >= 15 is 0 Å². The number of nitriles is 1. The first-order valence-electron chi connectivity index (χ1n) is 5.25. The van der Waals surface area contributed by atoms with Crippen LogP contribution in [-0.2, 0) is 4.79 Å². The van der Waals surface area contributed by atoms with Gasteiger partial charge in [0.05, 0.1) is 6.07 Å². The smallest absolute Gasteiger partial charge is 0.237 e. The molecule has 0 heterocycles. The van der Waals surface area contributed by atoms with Crippen LogP contribution in [0.2, 0.25) is 0 Å². The molecule has 1 unspecified atom stereocenters. The summed E-state index contributed by atoms with van der Waals surface area (Å²) in [5.41, 5.74) is 0.